The summed E-state index contributed by atoms with van der Waals surface area (Å²) in [5.74, 6) is 1.29. The molecule has 2 aromatic rings. The van der Waals surface area contributed by atoms with Crippen LogP contribution in [0.5, 0.6) is 11.5 Å². The van der Waals surface area contributed by atoms with Crippen LogP contribution in [0.3, 0.4) is 0 Å². The molecule has 0 amide bonds. The van der Waals surface area contributed by atoms with Crippen LogP contribution < -0.4 is 9.47 Å². The van der Waals surface area contributed by atoms with Gasteiger partial charge in [0.25, 0.3) is 0 Å². The zero-order valence-corrected chi connectivity index (χ0v) is 17.8. The Morgan fingerprint density at radius 3 is 2.00 bits per heavy atom. The summed E-state index contributed by atoms with van der Waals surface area (Å²) in [7, 11) is 4.84. The van der Waals surface area contributed by atoms with E-state index < -0.39 is 5.79 Å². The van der Waals surface area contributed by atoms with Crippen molar-refractivity contribution in [3.05, 3.63) is 83.1 Å². The number of benzene rings is 2. The zero-order valence-electron chi connectivity index (χ0n) is 17.8. The van der Waals surface area contributed by atoms with Gasteiger partial charge in [0.2, 0.25) is 5.79 Å². The predicted molar refractivity (Wildman–Crippen MR) is 115 cm³/mol. The number of hydrogen-bond acceptors (Lipinski definition) is 5. The predicted octanol–water partition coefficient (Wildman–Crippen LogP) is 4.40. The fourth-order valence-electron chi connectivity index (χ4n) is 4.54. The van der Waals surface area contributed by atoms with Crippen LogP contribution in [0, 0.1) is 5.92 Å². The van der Waals surface area contributed by atoms with E-state index in [9.17, 15) is 5.11 Å². The molecular weight excluding hydrogens is 380 g/mol. The number of allylic oxidation sites excluding steroid dienone is 1. The Kier molecular flexibility index (Phi) is 5.58. The summed E-state index contributed by atoms with van der Waals surface area (Å²) in [5.41, 5.74) is 3.08. The summed E-state index contributed by atoms with van der Waals surface area (Å²) in [6.45, 7) is 2.38. The molecule has 1 aliphatic heterocycles. The number of rotatable bonds is 5. The first-order valence-corrected chi connectivity index (χ1v) is 10.1. The lowest BCUT2D eigenvalue weighted by molar-refractivity contribution is -0.122. The first-order chi connectivity index (χ1) is 14.5. The largest absolute Gasteiger partial charge is 0.497 e. The van der Waals surface area contributed by atoms with Crippen LogP contribution in [0.15, 0.2) is 72.0 Å². The summed E-state index contributed by atoms with van der Waals surface area (Å²) in [6, 6.07) is 16.4. The van der Waals surface area contributed by atoms with Crippen LogP contribution in [0.2, 0.25) is 0 Å². The van der Waals surface area contributed by atoms with E-state index in [4.69, 9.17) is 18.9 Å². The molecule has 0 spiro atoms. The molecule has 4 atom stereocenters. The van der Waals surface area contributed by atoms with E-state index in [-0.39, 0.29) is 17.8 Å². The van der Waals surface area contributed by atoms with Crippen molar-refractivity contribution in [1.82, 2.24) is 0 Å². The highest BCUT2D eigenvalue weighted by Crippen LogP contribution is 2.50. The molecular formula is C25H28O5. The Hall–Kier alpha value is -2.76. The topological polar surface area (TPSA) is 57.2 Å². The minimum atomic E-state index is -1.43. The molecule has 1 aliphatic carbocycles. The van der Waals surface area contributed by atoms with E-state index in [2.05, 4.69) is 24.3 Å². The van der Waals surface area contributed by atoms with Gasteiger partial charge in [0.05, 0.1) is 20.8 Å². The maximum atomic E-state index is 10.8. The van der Waals surface area contributed by atoms with Crippen molar-refractivity contribution >= 4 is 0 Å². The van der Waals surface area contributed by atoms with Crippen LogP contribution in [0.25, 0.3) is 0 Å². The Morgan fingerprint density at radius 2 is 1.47 bits per heavy atom. The molecule has 2 aromatic carbocycles. The van der Waals surface area contributed by atoms with Gasteiger partial charge in [0.1, 0.15) is 17.3 Å². The molecule has 5 nitrogen and oxygen atoms in total. The zero-order chi connectivity index (χ0) is 21.3. The average Bonchev–Trinajstić information content (AvgIpc) is 2.81. The number of ether oxygens (including phenoxy) is 4. The normalized spacial score (nSPS) is 28.0. The van der Waals surface area contributed by atoms with Gasteiger partial charge < -0.3 is 24.1 Å². The highest BCUT2D eigenvalue weighted by Gasteiger charge is 2.44. The lowest BCUT2D eigenvalue weighted by Crippen LogP contribution is -2.40. The number of aliphatic hydroxyl groups is 1. The SMILES string of the molecule is COc1ccc(C2COC3=C(C)C(O)(OC)C=CC3C2c2ccc(OC)cc2)cc1. The Balaban J connectivity index is 1.78. The molecule has 1 saturated heterocycles. The minimum Gasteiger partial charge on any atom is -0.497 e. The lowest BCUT2D eigenvalue weighted by Gasteiger charge is -2.43. The molecule has 1 N–H and O–H groups in total. The summed E-state index contributed by atoms with van der Waals surface area (Å²) >= 11 is 0. The Labute approximate surface area is 177 Å². The van der Waals surface area contributed by atoms with Gasteiger partial charge in [-0.1, -0.05) is 30.3 Å². The van der Waals surface area contributed by atoms with Crippen molar-refractivity contribution in [2.45, 2.75) is 24.5 Å². The summed E-state index contributed by atoms with van der Waals surface area (Å²) in [6.07, 6.45) is 3.74. The second kappa shape index (κ2) is 8.17. The molecule has 0 aromatic heterocycles. The van der Waals surface area contributed by atoms with Gasteiger partial charge in [-0.2, -0.15) is 0 Å². The van der Waals surface area contributed by atoms with Crippen LogP contribution in [0.1, 0.15) is 29.9 Å². The summed E-state index contributed by atoms with van der Waals surface area (Å²) in [4.78, 5) is 0. The molecule has 0 saturated carbocycles. The highest BCUT2D eigenvalue weighted by molar-refractivity contribution is 5.42. The molecule has 4 rings (SSSR count). The smallest absolute Gasteiger partial charge is 0.211 e. The minimum absolute atomic E-state index is 0.00493. The van der Waals surface area contributed by atoms with E-state index in [1.165, 1.54) is 18.2 Å². The van der Waals surface area contributed by atoms with Gasteiger partial charge >= 0.3 is 0 Å². The fraction of sp³-hybridized carbons (Fsp3) is 0.360. The van der Waals surface area contributed by atoms with E-state index in [1.54, 1.807) is 20.3 Å². The third-order valence-corrected chi connectivity index (χ3v) is 6.33. The van der Waals surface area contributed by atoms with Crippen molar-refractivity contribution in [2.24, 2.45) is 5.92 Å². The van der Waals surface area contributed by atoms with E-state index in [1.807, 2.05) is 37.3 Å². The van der Waals surface area contributed by atoms with Crippen molar-refractivity contribution in [3.63, 3.8) is 0 Å². The molecule has 0 radical (unpaired) electrons. The maximum absolute atomic E-state index is 10.8. The third kappa shape index (κ3) is 3.48. The first kappa shape index (κ1) is 20.5. The second-order valence-electron chi connectivity index (χ2n) is 7.76. The van der Waals surface area contributed by atoms with Crippen molar-refractivity contribution < 1.29 is 24.1 Å². The van der Waals surface area contributed by atoms with Gasteiger partial charge in [-0.25, -0.2) is 0 Å². The standard InChI is InChI=1S/C25H28O5/c1-16-24-21(13-14-25(16,26)29-4)23(18-7-11-20(28-3)12-8-18)22(15-30-24)17-5-9-19(27-2)10-6-17/h5-14,21-23,26H,15H2,1-4H3. The Bertz CT molecular complexity index is 945. The first-order valence-electron chi connectivity index (χ1n) is 10.1. The van der Waals surface area contributed by atoms with Crippen LogP contribution in [-0.4, -0.2) is 38.8 Å². The van der Waals surface area contributed by atoms with E-state index >= 15 is 0 Å². The molecule has 2 aliphatic rings. The number of fused-ring (bicyclic) bond motifs is 1. The third-order valence-electron chi connectivity index (χ3n) is 6.33. The summed E-state index contributed by atoms with van der Waals surface area (Å²) in [5, 5.41) is 10.8. The van der Waals surface area contributed by atoms with Gasteiger partial charge in [-0.05, 0) is 48.4 Å². The molecule has 1 fully saturated rings. The van der Waals surface area contributed by atoms with Crippen LogP contribution >= 0.6 is 0 Å². The molecule has 0 bridgehead atoms. The molecule has 4 unspecified atom stereocenters. The lowest BCUT2D eigenvalue weighted by atomic mass is 9.69. The van der Waals surface area contributed by atoms with Gasteiger partial charge in [0.15, 0.2) is 0 Å². The average molecular weight is 408 g/mol. The van der Waals surface area contributed by atoms with Crippen molar-refractivity contribution in [2.75, 3.05) is 27.9 Å². The molecule has 158 valence electrons. The number of methoxy groups -OCH3 is 3. The second-order valence-corrected chi connectivity index (χ2v) is 7.76. The van der Waals surface area contributed by atoms with E-state index in [0.717, 1.165) is 17.3 Å². The monoisotopic (exact) mass is 408 g/mol. The number of hydrogen-bond donors (Lipinski definition) is 1. The van der Waals surface area contributed by atoms with Crippen LogP contribution in [-0.2, 0) is 9.47 Å². The van der Waals surface area contributed by atoms with E-state index in [0.29, 0.717) is 12.2 Å². The quantitative estimate of drug-likeness (QED) is 0.587. The van der Waals surface area contributed by atoms with Crippen molar-refractivity contribution in [3.8, 4) is 11.5 Å². The van der Waals surface area contributed by atoms with Gasteiger partial charge in [0, 0.05) is 30.4 Å². The summed E-state index contributed by atoms with van der Waals surface area (Å²) < 4.78 is 22.3. The molecule has 1 heterocycles. The van der Waals surface area contributed by atoms with Gasteiger partial charge in [-0.3, -0.25) is 0 Å². The molecule has 30 heavy (non-hydrogen) atoms. The van der Waals surface area contributed by atoms with Gasteiger partial charge in [-0.15, -0.1) is 0 Å². The van der Waals surface area contributed by atoms with Crippen LogP contribution in [0.4, 0.5) is 0 Å². The maximum Gasteiger partial charge on any atom is 0.211 e. The molecule has 5 heteroatoms. The Morgan fingerprint density at radius 1 is 0.900 bits per heavy atom. The highest BCUT2D eigenvalue weighted by atomic mass is 16.6. The fourth-order valence-corrected chi connectivity index (χ4v) is 4.54. The van der Waals surface area contributed by atoms with Crippen molar-refractivity contribution in [1.29, 1.82) is 0 Å².